The minimum absolute atomic E-state index is 0.425. The van der Waals surface area contributed by atoms with Crippen LogP contribution in [0.4, 0.5) is 5.69 Å². The van der Waals surface area contributed by atoms with E-state index < -0.39 is 0 Å². The van der Waals surface area contributed by atoms with Crippen molar-refractivity contribution < 1.29 is 0 Å². The third-order valence-electron chi connectivity index (χ3n) is 11.7. The molecule has 7 nitrogen and oxygen atoms in total. The Morgan fingerprint density at radius 2 is 0.908 bits per heavy atom. The number of nitriles is 1. The van der Waals surface area contributed by atoms with Crippen LogP contribution in [0.3, 0.4) is 0 Å². The van der Waals surface area contributed by atoms with Gasteiger partial charge in [-0.2, -0.15) is 5.26 Å². The van der Waals surface area contributed by atoms with E-state index in [2.05, 4.69) is 125 Å². The summed E-state index contributed by atoms with van der Waals surface area (Å²) in [6.07, 6.45) is 0. The molecule has 11 rings (SSSR count). The van der Waals surface area contributed by atoms with Crippen molar-refractivity contribution in [3.05, 3.63) is 229 Å². The lowest BCUT2D eigenvalue weighted by molar-refractivity contribution is 1.14. The van der Waals surface area contributed by atoms with Crippen molar-refractivity contribution in [2.45, 2.75) is 0 Å². The van der Waals surface area contributed by atoms with Gasteiger partial charge in [0, 0.05) is 49.7 Å². The number of rotatable bonds is 8. The van der Waals surface area contributed by atoms with Gasteiger partial charge < -0.3 is 4.57 Å². The molecule has 0 aliphatic heterocycles. The lowest BCUT2D eigenvalue weighted by Gasteiger charge is -2.17. The zero-order chi connectivity index (χ0) is 43.7. The minimum Gasteiger partial charge on any atom is -0.309 e. The second-order valence-corrected chi connectivity index (χ2v) is 15.7. The minimum atomic E-state index is 0.425. The van der Waals surface area contributed by atoms with Crippen LogP contribution in [0.5, 0.6) is 0 Å². The second-order valence-electron chi connectivity index (χ2n) is 15.7. The number of benzene rings is 8. The third-order valence-corrected chi connectivity index (χ3v) is 11.7. The number of fused-ring (bicyclic) bond motifs is 3. The molecule has 0 unspecified atom stereocenters. The van der Waals surface area contributed by atoms with E-state index in [0.29, 0.717) is 22.9 Å². The van der Waals surface area contributed by atoms with Crippen molar-refractivity contribution in [3.63, 3.8) is 0 Å². The Labute approximate surface area is 375 Å². The summed E-state index contributed by atoms with van der Waals surface area (Å²) in [4.78, 5) is 24.6. The lowest BCUT2D eigenvalue weighted by Crippen LogP contribution is -2.02. The summed E-state index contributed by atoms with van der Waals surface area (Å²) < 4.78 is 2.29. The molecular weight excluding hydrogens is 795 g/mol. The number of hydrogen-bond acceptors (Lipinski definition) is 5. The van der Waals surface area contributed by atoms with Gasteiger partial charge in [-0.15, -0.1) is 0 Å². The maximum atomic E-state index is 10.2. The molecule has 65 heavy (non-hydrogen) atoms. The second kappa shape index (κ2) is 16.5. The monoisotopic (exact) mass is 829 g/mol. The summed E-state index contributed by atoms with van der Waals surface area (Å²) in [6, 6.07) is 73.5. The van der Waals surface area contributed by atoms with Crippen LogP contribution in [0.25, 0.3) is 111 Å². The topological polar surface area (TPSA) is 84.6 Å². The SMILES string of the molecule is [C-]#[N+]c1ccc(-c2ccc3c4ccccc4n(-c4ccc(-c5nc(-c6ccccc6)cc(-c6ccccc6)n5)cc4-c4cc(-c5ccccc5)nc(-c5ccccc5)n4)c3c2)c(C#N)c1. The summed E-state index contributed by atoms with van der Waals surface area (Å²) in [6.45, 7) is 7.56. The fraction of sp³-hybridized carbons (Fsp3) is 0. The smallest absolute Gasteiger partial charge is 0.188 e. The number of hydrogen-bond donors (Lipinski definition) is 0. The molecule has 0 N–H and O–H groups in total. The van der Waals surface area contributed by atoms with Crippen LogP contribution in [0.1, 0.15) is 5.56 Å². The van der Waals surface area contributed by atoms with Crippen LogP contribution in [-0.4, -0.2) is 24.5 Å². The lowest BCUT2D eigenvalue weighted by atomic mass is 9.98. The highest BCUT2D eigenvalue weighted by Crippen LogP contribution is 2.41. The van der Waals surface area contributed by atoms with Crippen molar-refractivity contribution in [1.29, 1.82) is 5.26 Å². The first-order chi connectivity index (χ1) is 32.1. The Morgan fingerprint density at radius 3 is 1.51 bits per heavy atom. The summed E-state index contributed by atoms with van der Waals surface area (Å²) in [7, 11) is 0. The third kappa shape index (κ3) is 7.26. The fourth-order valence-electron chi connectivity index (χ4n) is 8.57. The highest BCUT2D eigenvalue weighted by Gasteiger charge is 2.22. The molecule has 0 bridgehead atoms. The molecule has 0 saturated carbocycles. The molecule has 0 fully saturated rings. The quantitative estimate of drug-likeness (QED) is 0.142. The Bertz CT molecular complexity index is 3550. The standard InChI is InChI=1S/C58H35N7/c1-60-45-28-30-46(44(32-45)37-59)42-26-29-48-47-24-14-15-25-54(47)65(56(48)34-42)55-31-27-43(58-62-50(38-16-6-2-7-17-38)35-51(63-58)39-18-8-3-9-19-39)33-49(55)53-36-52(40-20-10-4-11-21-40)61-57(64-53)41-22-12-5-13-23-41/h2-36H. The average molecular weight is 830 g/mol. The van der Waals surface area contributed by atoms with Crippen LogP contribution < -0.4 is 0 Å². The summed E-state index contributed by atoms with van der Waals surface area (Å²) in [5.41, 5.74) is 14.0. The molecule has 0 atom stereocenters. The molecule has 8 aromatic carbocycles. The van der Waals surface area contributed by atoms with Crippen molar-refractivity contribution in [2.75, 3.05) is 0 Å². The van der Waals surface area contributed by atoms with Gasteiger partial charge in [0.2, 0.25) is 0 Å². The summed E-state index contributed by atoms with van der Waals surface area (Å²) in [5, 5.41) is 12.4. The van der Waals surface area contributed by atoms with Gasteiger partial charge in [-0.1, -0.05) is 164 Å². The molecule has 0 aliphatic rings. The molecule has 302 valence electrons. The first kappa shape index (κ1) is 38.6. The molecule has 0 amide bonds. The predicted octanol–water partition coefficient (Wildman–Crippen LogP) is 14.5. The molecule has 7 heteroatoms. The van der Waals surface area contributed by atoms with E-state index >= 15 is 0 Å². The van der Waals surface area contributed by atoms with Crippen LogP contribution in [0, 0.1) is 17.9 Å². The van der Waals surface area contributed by atoms with Gasteiger partial charge in [-0.05, 0) is 59.7 Å². The van der Waals surface area contributed by atoms with Gasteiger partial charge in [0.25, 0.3) is 0 Å². The highest BCUT2D eigenvalue weighted by atomic mass is 15.0. The first-order valence-corrected chi connectivity index (χ1v) is 21.2. The molecule has 0 saturated heterocycles. The molecule has 0 spiro atoms. The van der Waals surface area contributed by atoms with E-state index in [1.807, 2.05) is 91.0 Å². The Balaban J connectivity index is 1.21. The van der Waals surface area contributed by atoms with E-state index in [4.69, 9.17) is 26.5 Å². The fourth-order valence-corrected chi connectivity index (χ4v) is 8.57. The maximum Gasteiger partial charge on any atom is 0.188 e. The van der Waals surface area contributed by atoms with Crippen molar-refractivity contribution in [2.24, 2.45) is 0 Å². The van der Waals surface area contributed by atoms with Gasteiger partial charge in [-0.25, -0.2) is 24.8 Å². The molecular formula is C58H35N7. The molecule has 3 aromatic heterocycles. The number of para-hydroxylation sites is 1. The molecule has 11 aromatic rings. The Kier molecular flexibility index (Phi) is 9.82. The largest absolute Gasteiger partial charge is 0.309 e. The predicted molar refractivity (Wildman–Crippen MR) is 261 cm³/mol. The van der Waals surface area contributed by atoms with Crippen LogP contribution in [0.2, 0.25) is 0 Å². The van der Waals surface area contributed by atoms with Crippen molar-refractivity contribution in [3.8, 4) is 90.7 Å². The maximum absolute atomic E-state index is 10.2. The summed E-state index contributed by atoms with van der Waals surface area (Å²) in [5.74, 6) is 1.18. The van der Waals surface area contributed by atoms with Crippen LogP contribution >= 0.6 is 0 Å². The van der Waals surface area contributed by atoms with Gasteiger partial charge in [0.1, 0.15) is 0 Å². The van der Waals surface area contributed by atoms with Gasteiger partial charge >= 0.3 is 0 Å². The average Bonchev–Trinajstić information content (AvgIpc) is 3.72. The van der Waals surface area contributed by atoms with E-state index in [9.17, 15) is 5.26 Å². The molecule has 3 heterocycles. The molecule has 0 radical (unpaired) electrons. The normalized spacial score (nSPS) is 11.0. The van der Waals surface area contributed by atoms with Gasteiger partial charge in [-0.3, -0.25) is 0 Å². The highest BCUT2D eigenvalue weighted by molar-refractivity contribution is 6.11. The van der Waals surface area contributed by atoms with Gasteiger partial charge in [0.05, 0.1) is 52.1 Å². The number of nitrogens with zero attached hydrogens (tertiary/aromatic N) is 7. The number of aromatic nitrogens is 5. The zero-order valence-electron chi connectivity index (χ0n) is 34.8. The molecule has 0 aliphatic carbocycles. The Hall–Kier alpha value is -9.30. The Morgan fingerprint density at radius 1 is 0.400 bits per heavy atom. The van der Waals surface area contributed by atoms with E-state index in [-0.39, 0.29) is 0 Å². The summed E-state index contributed by atoms with van der Waals surface area (Å²) >= 11 is 0. The van der Waals surface area contributed by atoms with Crippen molar-refractivity contribution >= 4 is 27.5 Å². The van der Waals surface area contributed by atoms with Crippen LogP contribution in [0.15, 0.2) is 212 Å². The van der Waals surface area contributed by atoms with E-state index in [1.165, 1.54) is 0 Å². The van der Waals surface area contributed by atoms with Crippen LogP contribution in [-0.2, 0) is 0 Å². The van der Waals surface area contributed by atoms with E-state index in [1.54, 1.807) is 12.1 Å². The first-order valence-electron chi connectivity index (χ1n) is 21.2. The zero-order valence-corrected chi connectivity index (χ0v) is 34.8. The van der Waals surface area contributed by atoms with Gasteiger partial charge in [0.15, 0.2) is 17.3 Å². The van der Waals surface area contributed by atoms with Crippen molar-refractivity contribution in [1.82, 2.24) is 24.5 Å². The van der Waals surface area contributed by atoms with E-state index in [0.717, 1.165) is 94.8 Å².